The highest BCUT2D eigenvalue weighted by molar-refractivity contribution is 7.13. The third-order valence-electron chi connectivity index (χ3n) is 6.38. The Morgan fingerprint density at radius 1 is 0.727 bits per heavy atom. The Hall–Kier alpha value is -5.14. The number of aliphatic hydroxyl groups is 2. The fourth-order valence-corrected chi connectivity index (χ4v) is 5.53. The van der Waals surface area contributed by atoms with Crippen molar-refractivity contribution in [3.63, 3.8) is 0 Å². The molecule has 0 amide bonds. The molecule has 0 fully saturated rings. The Labute approximate surface area is 261 Å². The van der Waals surface area contributed by atoms with Crippen LogP contribution in [0.2, 0.25) is 0 Å². The second-order valence-electron chi connectivity index (χ2n) is 9.43. The lowest BCUT2D eigenvalue weighted by atomic mass is 10.1. The number of thiazole rings is 2. The van der Waals surface area contributed by atoms with Crippen LogP contribution in [0.4, 0.5) is 34.1 Å². The molecule has 10 nitrogen and oxygen atoms in total. The summed E-state index contributed by atoms with van der Waals surface area (Å²) in [6.07, 6.45) is 3.53. The summed E-state index contributed by atoms with van der Waals surface area (Å²) in [6.45, 7) is -0.245. The van der Waals surface area contributed by atoms with E-state index in [1.807, 2.05) is 71.4 Å². The molecule has 12 heteroatoms. The number of nitrogens with zero attached hydrogens (tertiary/aromatic N) is 3. The van der Waals surface area contributed by atoms with Crippen LogP contribution in [0.25, 0.3) is 21.1 Å². The molecule has 0 aliphatic carbocycles. The minimum absolute atomic E-state index is 0.00991. The van der Waals surface area contributed by atoms with Gasteiger partial charge in [-0.1, -0.05) is 36.4 Å². The van der Waals surface area contributed by atoms with Gasteiger partial charge >= 0.3 is 0 Å². The molecule has 0 saturated carbocycles. The van der Waals surface area contributed by atoms with Crippen LogP contribution >= 0.6 is 22.7 Å². The van der Waals surface area contributed by atoms with Crippen LogP contribution in [-0.4, -0.2) is 25.1 Å². The third-order valence-corrected chi connectivity index (χ3v) is 8.03. The molecule has 0 spiro atoms. The number of nitrogen functional groups attached to an aromatic ring is 1. The summed E-state index contributed by atoms with van der Waals surface area (Å²) in [7, 11) is 0. The van der Waals surface area contributed by atoms with E-state index in [1.54, 1.807) is 41.9 Å². The van der Waals surface area contributed by atoms with Crippen molar-refractivity contribution in [3.8, 4) is 21.1 Å². The molecule has 0 radical (unpaired) electrons. The van der Waals surface area contributed by atoms with Crippen LogP contribution in [0.5, 0.6) is 0 Å². The fourth-order valence-electron chi connectivity index (χ4n) is 4.26. The number of anilines is 5. The van der Waals surface area contributed by atoms with Gasteiger partial charge in [0.1, 0.15) is 15.7 Å². The zero-order chi connectivity index (χ0) is 30.9. The highest BCUT2D eigenvalue weighted by Crippen LogP contribution is 2.32. The van der Waals surface area contributed by atoms with Crippen LogP contribution in [0.3, 0.4) is 0 Å². The maximum atomic E-state index is 11.2. The number of nitro groups is 1. The van der Waals surface area contributed by atoms with Crippen molar-refractivity contribution >= 4 is 56.8 Å². The second-order valence-corrected chi connectivity index (χ2v) is 11.2. The number of benzene rings is 4. The average Bonchev–Trinajstić information content (AvgIpc) is 3.79. The van der Waals surface area contributed by atoms with Gasteiger partial charge in [-0.05, 0) is 53.6 Å². The van der Waals surface area contributed by atoms with Crippen molar-refractivity contribution in [3.05, 3.63) is 129 Å². The van der Waals surface area contributed by atoms with Crippen LogP contribution < -0.4 is 16.4 Å². The van der Waals surface area contributed by atoms with Gasteiger partial charge in [0.05, 0.1) is 29.5 Å². The van der Waals surface area contributed by atoms with Crippen LogP contribution in [-0.2, 0) is 13.2 Å². The Kier molecular flexibility index (Phi) is 9.89. The van der Waals surface area contributed by atoms with E-state index in [4.69, 9.17) is 15.9 Å². The Morgan fingerprint density at radius 3 is 1.73 bits per heavy atom. The first kappa shape index (κ1) is 30.3. The molecule has 0 aliphatic heterocycles. The SMILES string of the molecule is Nc1cc(CO)ccc1Nc1cccc(-c2nccs2)c1.O=[N+]([O-])c1cc(CO)ccc1Nc1cccc(-c2nccs2)c1. The first-order chi connectivity index (χ1) is 21.4. The van der Waals surface area contributed by atoms with E-state index in [0.717, 1.165) is 43.8 Å². The second kappa shape index (κ2) is 14.4. The standard InChI is InChI=1S/C16H13N3O3S.C16H15N3OS/c20-10-11-4-5-14(15(8-11)19(21)22)18-13-3-1-2-12(9-13)16-17-6-7-23-16;17-14-8-11(10-20)4-5-15(14)19-13-3-1-2-12(9-13)16-18-6-7-21-16/h1-9,18,20H,10H2;1-9,19-20H,10,17H2. The Bertz CT molecular complexity index is 1850. The molecular weight excluding hydrogens is 597 g/mol. The maximum absolute atomic E-state index is 11.2. The monoisotopic (exact) mass is 624 g/mol. The van der Waals surface area contributed by atoms with Gasteiger partial charge in [0.25, 0.3) is 5.69 Å². The van der Waals surface area contributed by atoms with Gasteiger partial charge in [0.15, 0.2) is 0 Å². The van der Waals surface area contributed by atoms with Gasteiger partial charge in [-0.3, -0.25) is 10.1 Å². The molecule has 2 aromatic heterocycles. The Morgan fingerprint density at radius 2 is 1.25 bits per heavy atom. The number of nitro benzene ring substituents is 1. The molecule has 0 aliphatic rings. The molecule has 6 N–H and O–H groups in total. The smallest absolute Gasteiger partial charge is 0.293 e. The molecule has 0 saturated heterocycles. The van der Waals surface area contributed by atoms with Crippen molar-refractivity contribution in [2.45, 2.75) is 13.2 Å². The van der Waals surface area contributed by atoms with E-state index >= 15 is 0 Å². The zero-order valence-electron chi connectivity index (χ0n) is 23.3. The predicted molar refractivity (Wildman–Crippen MR) is 177 cm³/mol. The van der Waals surface area contributed by atoms with Crippen molar-refractivity contribution < 1.29 is 15.1 Å². The van der Waals surface area contributed by atoms with Gasteiger partial charge in [0, 0.05) is 51.7 Å². The minimum Gasteiger partial charge on any atom is -0.397 e. The van der Waals surface area contributed by atoms with E-state index in [1.165, 1.54) is 17.4 Å². The van der Waals surface area contributed by atoms with E-state index in [0.29, 0.717) is 16.9 Å². The van der Waals surface area contributed by atoms with E-state index in [-0.39, 0.29) is 18.9 Å². The van der Waals surface area contributed by atoms with Gasteiger partial charge in [0.2, 0.25) is 0 Å². The maximum Gasteiger partial charge on any atom is 0.293 e. The molecule has 0 bridgehead atoms. The van der Waals surface area contributed by atoms with Crippen LogP contribution in [0, 0.1) is 10.1 Å². The molecule has 4 aromatic carbocycles. The highest BCUT2D eigenvalue weighted by atomic mass is 32.1. The van der Waals surface area contributed by atoms with Crippen molar-refractivity contribution in [1.82, 2.24) is 9.97 Å². The molecule has 2 heterocycles. The summed E-state index contributed by atoms with van der Waals surface area (Å²) >= 11 is 3.14. The molecule has 6 aromatic rings. The van der Waals surface area contributed by atoms with Gasteiger partial charge in [-0.25, -0.2) is 9.97 Å². The number of nitrogens with two attached hydrogens (primary N) is 1. The molecule has 0 atom stereocenters. The molecule has 6 rings (SSSR count). The quantitative estimate of drug-likeness (QED) is 0.0620. The predicted octanol–water partition coefficient (Wildman–Crippen LogP) is 7.58. The highest BCUT2D eigenvalue weighted by Gasteiger charge is 2.15. The zero-order valence-corrected chi connectivity index (χ0v) is 24.9. The number of hydrogen-bond donors (Lipinski definition) is 5. The van der Waals surface area contributed by atoms with Crippen molar-refractivity contribution in [2.24, 2.45) is 0 Å². The number of rotatable bonds is 9. The molecular formula is C32H28N6O4S2. The molecule has 222 valence electrons. The minimum atomic E-state index is -0.466. The summed E-state index contributed by atoms with van der Waals surface area (Å²) in [5, 5.41) is 41.5. The summed E-state index contributed by atoms with van der Waals surface area (Å²) < 4.78 is 0. The topological polar surface area (TPSA) is 159 Å². The summed E-state index contributed by atoms with van der Waals surface area (Å²) in [5.74, 6) is 0. The molecule has 44 heavy (non-hydrogen) atoms. The average molecular weight is 625 g/mol. The van der Waals surface area contributed by atoms with Crippen molar-refractivity contribution in [2.75, 3.05) is 16.4 Å². The van der Waals surface area contributed by atoms with Crippen LogP contribution in [0.15, 0.2) is 108 Å². The lowest BCUT2D eigenvalue weighted by Gasteiger charge is -2.11. The molecule has 0 unspecified atom stereocenters. The largest absolute Gasteiger partial charge is 0.397 e. The lowest BCUT2D eigenvalue weighted by Crippen LogP contribution is -1.98. The van der Waals surface area contributed by atoms with Gasteiger partial charge in [-0.15, -0.1) is 22.7 Å². The number of hydrogen-bond acceptors (Lipinski definition) is 11. The number of nitrogens with one attached hydrogen (secondary N) is 2. The number of aromatic nitrogens is 2. The van der Waals surface area contributed by atoms with E-state index < -0.39 is 4.92 Å². The Balaban J connectivity index is 0.000000175. The van der Waals surface area contributed by atoms with E-state index in [2.05, 4.69) is 20.6 Å². The lowest BCUT2D eigenvalue weighted by molar-refractivity contribution is -0.384. The van der Waals surface area contributed by atoms with E-state index in [9.17, 15) is 10.1 Å². The van der Waals surface area contributed by atoms with Crippen molar-refractivity contribution in [1.29, 1.82) is 0 Å². The summed E-state index contributed by atoms with van der Waals surface area (Å²) in [5.41, 5.74) is 12.7. The fraction of sp³-hybridized carbons (Fsp3) is 0.0625. The normalized spacial score (nSPS) is 10.5. The first-order valence-corrected chi connectivity index (χ1v) is 15.1. The van der Waals surface area contributed by atoms with Gasteiger partial charge < -0.3 is 26.6 Å². The number of aliphatic hydroxyl groups excluding tert-OH is 2. The van der Waals surface area contributed by atoms with Gasteiger partial charge in [-0.2, -0.15) is 0 Å². The summed E-state index contributed by atoms with van der Waals surface area (Å²) in [4.78, 5) is 19.3. The van der Waals surface area contributed by atoms with Crippen LogP contribution in [0.1, 0.15) is 11.1 Å². The third kappa shape index (κ3) is 7.62. The first-order valence-electron chi connectivity index (χ1n) is 13.3. The summed E-state index contributed by atoms with van der Waals surface area (Å²) in [6, 6.07) is 25.7.